The number of urea groups is 1. The maximum absolute atomic E-state index is 13.5. The van der Waals surface area contributed by atoms with Crippen molar-refractivity contribution in [3.8, 4) is 5.75 Å². The lowest BCUT2D eigenvalue weighted by Gasteiger charge is -2.41. The number of benzene rings is 2. The SMILES string of the molecule is CC(C)(C)C1CCC(N(Cc2ccc(OCCCC(=O)O)cc2)C(=O)Nc2cccc(SC(F)(F)F)c2)CC1. The molecule has 214 valence electrons. The number of alkyl halides is 3. The van der Waals surface area contributed by atoms with E-state index in [1.54, 1.807) is 23.1 Å². The van der Waals surface area contributed by atoms with E-state index in [4.69, 9.17) is 9.84 Å². The second kappa shape index (κ2) is 13.5. The third-order valence-electron chi connectivity index (χ3n) is 7.02. The molecule has 2 aromatic carbocycles. The summed E-state index contributed by atoms with van der Waals surface area (Å²) < 4.78 is 44.1. The van der Waals surface area contributed by atoms with Gasteiger partial charge in [0.25, 0.3) is 0 Å². The van der Waals surface area contributed by atoms with Crippen molar-refractivity contribution < 1.29 is 32.6 Å². The minimum atomic E-state index is -4.41. The van der Waals surface area contributed by atoms with E-state index < -0.39 is 11.5 Å². The number of aliphatic carboxylic acids is 1. The van der Waals surface area contributed by atoms with E-state index in [9.17, 15) is 22.8 Å². The van der Waals surface area contributed by atoms with Crippen molar-refractivity contribution in [1.82, 2.24) is 4.90 Å². The van der Waals surface area contributed by atoms with Crippen LogP contribution in [0.5, 0.6) is 5.75 Å². The molecule has 1 saturated carbocycles. The molecule has 0 spiro atoms. The van der Waals surface area contributed by atoms with Crippen molar-refractivity contribution >= 4 is 29.4 Å². The monoisotopic (exact) mass is 566 g/mol. The summed E-state index contributed by atoms with van der Waals surface area (Å²) in [5, 5.41) is 11.6. The summed E-state index contributed by atoms with van der Waals surface area (Å²) in [6, 6.07) is 12.8. The molecule has 39 heavy (non-hydrogen) atoms. The van der Waals surface area contributed by atoms with Crippen molar-refractivity contribution in [3.63, 3.8) is 0 Å². The molecule has 0 radical (unpaired) electrons. The van der Waals surface area contributed by atoms with Crippen molar-refractivity contribution in [1.29, 1.82) is 0 Å². The Bertz CT molecular complexity index is 1090. The van der Waals surface area contributed by atoms with Crippen LogP contribution < -0.4 is 10.1 Å². The molecule has 1 aliphatic carbocycles. The highest BCUT2D eigenvalue weighted by molar-refractivity contribution is 8.00. The Balaban J connectivity index is 1.71. The van der Waals surface area contributed by atoms with Gasteiger partial charge in [0.2, 0.25) is 0 Å². The van der Waals surface area contributed by atoms with E-state index in [0.717, 1.165) is 31.2 Å². The molecule has 0 unspecified atom stereocenters. The third-order valence-corrected chi connectivity index (χ3v) is 7.74. The molecule has 2 N–H and O–H groups in total. The average Bonchev–Trinajstić information content (AvgIpc) is 2.84. The molecule has 0 aromatic heterocycles. The number of hydrogen-bond acceptors (Lipinski definition) is 4. The lowest BCUT2D eigenvalue weighted by Crippen LogP contribution is -2.45. The van der Waals surface area contributed by atoms with Crippen LogP contribution in [0, 0.1) is 11.3 Å². The number of carboxylic acids is 1. The molecule has 0 heterocycles. The molecule has 0 atom stereocenters. The lowest BCUT2D eigenvalue weighted by molar-refractivity contribution is -0.137. The van der Waals surface area contributed by atoms with Gasteiger partial charge in [-0.15, -0.1) is 0 Å². The molecule has 3 rings (SSSR count). The quantitative estimate of drug-likeness (QED) is 0.224. The van der Waals surface area contributed by atoms with E-state index >= 15 is 0 Å². The van der Waals surface area contributed by atoms with Crippen LogP contribution in [0.2, 0.25) is 0 Å². The van der Waals surface area contributed by atoms with Gasteiger partial charge in [0.15, 0.2) is 0 Å². The van der Waals surface area contributed by atoms with Gasteiger partial charge in [-0.25, -0.2) is 4.79 Å². The van der Waals surface area contributed by atoms with Gasteiger partial charge in [0.1, 0.15) is 5.75 Å². The van der Waals surface area contributed by atoms with E-state index in [1.165, 1.54) is 18.2 Å². The highest BCUT2D eigenvalue weighted by atomic mass is 32.2. The molecule has 0 bridgehead atoms. The van der Waals surface area contributed by atoms with E-state index in [0.29, 0.717) is 36.9 Å². The molecule has 2 aromatic rings. The Hall–Kier alpha value is -2.88. The van der Waals surface area contributed by atoms with Gasteiger partial charge in [-0.05, 0) is 91.1 Å². The summed E-state index contributed by atoms with van der Waals surface area (Å²) in [5.41, 5.74) is -3.02. The highest BCUT2D eigenvalue weighted by Crippen LogP contribution is 2.40. The number of nitrogens with one attached hydrogen (secondary N) is 1. The van der Waals surface area contributed by atoms with Gasteiger partial charge < -0.3 is 20.1 Å². The summed E-state index contributed by atoms with van der Waals surface area (Å²) in [7, 11) is 0. The summed E-state index contributed by atoms with van der Waals surface area (Å²) >= 11 is -0.213. The van der Waals surface area contributed by atoms with Gasteiger partial charge in [-0.3, -0.25) is 4.79 Å². The largest absolute Gasteiger partial charge is 0.494 e. The van der Waals surface area contributed by atoms with Crippen LogP contribution >= 0.6 is 11.8 Å². The number of thioether (sulfide) groups is 1. The first-order valence-corrected chi connectivity index (χ1v) is 14.0. The maximum Gasteiger partial charge on any atom is 0.446 e. The van der Waals surface area contributed by atoms with E-state index in [2.05, 4.69) is 26.1 Å². The second-order valence-electron chi connectivity index (χ2n) is 11.0. The first kappa shape index (κ1) is 30.7. The van der Waals surface area contributed by atoms with Crippen molar-refractivity contribution in [2.75, 3.05) is 11.9 Å². The van der Waals surface area contributed by atoms with Crippen LogP contribution in [0.4, 0.5) is 23.7 Å². The van der Waals surface area contributed by atoms with E-state index in [1.807, 2.05) is 12.1 Å². The predicted octanol–water partition coefficient (Wildman–Crippen LogP) is 8.18. The number of anilines is 1. The van der Waals surface area contributed by atoms with Gasteiger partial charge in [-0.2, -0.15) is 13.2 Å². The molecular weight excluding hydrogens is 529 g/mol. The Kier molecular flexibility index (Phi) is 10.6. The fourth-order valence-corrected chi connectivity index (χ4v) is 5.49. The van der Waals surface area contributed by atoms with E-state index in [-0.39, 0.29) is 40.6 Å². The van der Waals surface area contributed by atoms with Crippen LogP contribution in [-0.2, 0) is 11.3 Å². The maximum atomic E-state index is 13.5. The number of carbonyl (C=O) groups is 2. The fourth-order valence-electron chi connectivity index (χ4n) is 4.89. The molecule has 1 aliphatic rings. The van der Waals surface area contributed by atoms with Crippen LogP contribution in [-0.4, -0.2) is 40.2 Å². The predicted molar refractivity (Wildman–Crippen MR) is 147 cm³/mol. The van der Waals surface area contributed by atoms with Gasteiger partial charge in [0, 0.05) is 29.6 Å². The number of ether oxygens (including phenoxy) is 1. The zero-order valence-electron chi connectivity index (χ0n) is 22.6. The van der Waals surface area contributed by atoms with Crippen molar-refractivity contribution in [3.05, 3.63) is 54.1 Å². The molecule has 10 heteroatoms. The minimum Gasteiger partial charge on any atom is -0.494 e. The number of halogens is 3. The number of hydrogen-bond donors (Lipinski definition) is 2. The Labute approximate surface area is 232 Å². The van der Waals surface area contributed by atoms with Crippen LogP contribution in [0.1, 0.15) is 64.9 Å². The molecule has 6 nitrogen and oxygen atoms in total. The number of carboxylic acid groups (broad SMARTS) is 1. The van der Waals surface area contributed by atoms with Gasteiger partial charge in [0.05, 0.1) is 6.61 Å². The molecular formula is C29H37F3N2O4S. The average molecular weight is 567 g/mol. The smallest absolute Gasteiger partial charge is 0.446 e. The first-order chi connectivity index (χ1) is 18.3. The van der Waals surface area contributed by atoms with Crippen molar-refractivity contribution in [2.45, 2.75) is 82.3 Å². The summed E-state index contributed by atoms with van der Waals surface area (Å²) in [5.74, 6) is 0.312. The van der Waals surface area contributed by atoms with Crippen LogP contribution in [0.25, 0.3) is 0 Å². The zero-order valence-corrected chi connectivity index (χ0v) is 23.4. The molecule has 0 aliphatic heterocycles. The Morgan fingerprint density at radius 2 is 1.72 bits per heavy atom. The fraction of sp³-hybridized carbons (Fsp3) is 0.517. The van der Waals surface area contributed by atoms with Crippen molar-refractivity contribution in [2.24, 2.45) is 11.3 Å². The second-order valence-corrected chi connectivity index (χ2v) is 12.1. The Morgan fingerprint density at radius 1 is 1.05 bits per heavy atom. The number of amides is 2. The molecule has 2 amide bonds. The molecule has 1 fully saturated rings. The van der Waals surface area contributed by atoms with Gasteiger partial charge in [-0.1, -0.05) is 39.0 Å². The minimum absolute atomic E-state index is 0.00304. The number of carbonyl (C=O) groups excluding carboxylic acids is 1. The van der Waals surface area contributed by atoms with Crippen LogP contribution in [0.3, 0.4) is 0 Å². The summed E-state index contributed by atoms with van der Waals surface area (Å²) in [4.78, 5) is 26.0. The molecule has 0 saturated heterocycles. The zero-order chi connectivity index (χ0) is 28.6. The first-order valence-electron chi connectivity index (χ1n) is 13.2. The summed E-state index contributed by atoms with van der Waals surface area (Å²) in [6.07, 6.45) is 4.15. The lowest BCUT2D eigenvalue weighted by atomic mass is 9.71. The standard InChI is InChI=1S/C29H37F3N2O4S/c1-28(2,3)21-11-13-23(14-12-21)34(19-20-9-15-24(16-10-20)38-17-5-8-26(35)36)27(37)33-22-6-4-7-25(18-22)39-29(30,31)32/h4,6-7,9-10,15-16,18,21,23H,5,8,11-14,17,19H2,1-3H3,(H,33,37)(H,35,36). The Morgan fingerprint density at radius 3 is 2.31 bits per heavy atom. The topological polar surface area (TPSA) is 78.9 Å². The van der Waals surface area contributed by atoms with Crippen LogP contribution in [0.15, 0.2) is 53.4 Å². The highest BCUT2D eigenvalue weighted by Gasteiger charge is 2.34. The number of nitrogens with zero attached hydrogens (tertiary/aromatic N) is 1. The number of rotatable bonds is 10. The summed E-state index contributed by atoms with van der Waals surface area (Å²) in [6.45, 7) is 7.34. The normalized spacial score (nSPS) is 17.9. The third kappa shape index (κ3) is 10.3. The van der Waals surface area contributed by atoms with Gasteiger partial charge >= 0.3 is 17.5 Å².